The summed E-state index contributed by atoms with van der Waals surface area (Å²) in [5, 5.41) is 7.08. The Kier molecular flexibility index (Phi) is 7.41. The van der Waals surface area contributed by atoms with Gasteiger partial charge in [-0.25, -0.2) is 0 Å². The minimum atomic E-state index is -0.0614. The molecule has 1 aliphatic heterocycles. The van der Waals surface area contributed by atoms with Crippen molar-refractivity contribution in [3.8, 4) is 0 Å². The van der Waals surface area contributed by atoms with Crippen molar-refractivity contribution in [3.05, 3.63) is 51.2 Å². The highest BCUT2D eigenvalue weighted by Gasteiger charge is 2.31. The number of carbonyl (C=O) groups excluding carboxylic acids is 1. The summed E-state index contributed by atoms with van der Waals surface area (Å²) in [6.07, 6.45) is 6.96. The van der Waals surface area contributed by atoms with Gasteiger partial charge in [-0.15, -0.1) is 0 Å². The van der Waals surface area contributed by atoms with Gasteiger partial charge in [0, 0.05) is 47.6 Å². The first-order valence-electron chi connectivity index (χ1n) is 11.6. The molecule has 1 amide bonds. The van der Waals surface area contributed by atoms with E-state index in [0.717, 1.165) is 30.0 Å². The number of dihydropyridines is 1. The molecule has 1 aliphatic carbocycles. The fourth-order valence-electron chi connectivity index (χ4n) is 4.87. The van der Waals surface area contributed by atoms with Crippen LogP contribution in [0.2, 0.25) is 5.02 Å². The van der Waals surface area contributed by atoms with Gasteiger partial charge >= 0.3 is 0 Å². The number of anilines is 1. The van der Waals surface area contributed by atoms with E-state index in [0.29, 0.717) is 28.6 Å². The van der Waals surface area contributed by atoms with Gasteiger partial charge in [0.05, 0.1) is 0 Å². The fraction of sp³-hybridized carbons (Fsp3) is 0.577. The number of nitrogens with one attached hydrogen (secondary N) is 2. The number of carbonyl (C=O) groups is 1. The first kappa shape index (κ1) is 23.7. The van der Waals surface area contributed by atoms with E-state index >= 15 is 0 Å². The van der Waals surface area contributed by atoms with Crippen LogP contribution in [0.4, 0.5) is 5.69 Å². The molecule has 4 nitrogen and oxygen atoms in total. The zero-order valence-electron chi connectivity index (χ0n) is 20.0. The molecule has 0 unspecified atom stereocenters. The summed E-state index contributed by atoms with van der Waals surface area (Å²) >= 11 is 6.51. The minimum absolute atomic E-state index is 0.0614. The Hall–Kier alpha value is -1.94. The molecule has 1 heterocycles. The second-order valence-corrected chi connectivity index (χ2v) is 10.4. The van der Waals surface area contributed by atoms with Crippen molar-refractivity contribution in [3.63, 3.8) is 0 Å². The number of hydrogen-bond acceptors (Lipinski definition) is 3. The minimum Gasteiger partial charge on any atom is -0.385 e. The second-order valence-electron chi connectivity index (χ2n) is 9.93. The number of allylic oxidation sites excluding steroid dienone is 3. The third kappa shape index (κ3) is 5.65. The average molecular weight is 444 g/mol. The lowest BCUT2D eigenvalue weighted by molar-refractivity contribution is 0.0956. The Morgan fingerprint density at radius 1 is 1.23 bits per heavy atom. The normalized spacial score (nSPS) is 19.0. The molecule has 0 bridgehead atoms. The van der Waals surface area contributed by atoms with Crippen LogP contribution in [0.5, 0.6) is 0 Å². The van der Waals surface area contributed by atoms with Crippen LogP contribution in [0.1, 0.15) is 76.2 Å². The van der Waals surface area contributed by atoms with E-state index in [1.54, 1.807) is 6.07 Å². The predicted molar refractivity (Wildman–Crippen MR) is 132 cm³/mol. The van der Waals surface area contributed by atoms with Crippen LogP contribution in [0, 0.1) is 12.3 Å². The van der Waals surface area contributed by atoms with E-state index in [2.05, 4.69) is 63.2 Å². The summed E-state index contributed by atoms with van der Waals surface area (Å²) in [4.78, 5) is 15.6. The Morgan fingerprint density at radius 3 is 2.52 bits per heavy atom. The zero-order chi connectivity index (χ0) is 22.8. The number of benzene rings is 1. The Balaban J connectivity index is 1.79. The zero-order valence-corrected chi connectivity index (χ0v) is 20.7. The molecular weight excluding hydrogens is 406 g/mol. The summed E-state index contributed by atoms with van der Waals surface area (Å²) in [7, 11) is 0. The molecule has 1 aromatic carbocycles. The summed E-state index contributed by atoms with van der Waals surface area (Å²) in [5.74, 6) is -0.0614. The van der Waals surface area contributed by atoms with Crippen LogP contribution in [0.25, 0.3) is 0 Å². The van der Waals surface area contributed by atoms with Gasteiger partial charge < -0.3 is 15.5 Å². The molecule has 0 aromatic heterocycles. The van der Waals surface area contributed by atoms with Crippen molar-refractivity contribution < 1.29 is 4.79 Å². The maximum atomic E-state index is 13.1. The number of amides is 1. The molecule has 2 aliphatic rings. The third-order valence-corrected chi connectivity index (χ3v) is 7.24. The van der Waals surface area contributed by atoms with Gasteiger partial charge in [0.1, 0.15) is 0 Å². The van der Waals surface area contributed by atoms with Gasteiger partial charge in [-0.3, -0.25) is 4.79 Å². The molecule has 0 saturated heterocycles. The topological polar surface area (TPSA) is 44.4 Å². The molecule has 3 rings (SSSR count). The highest BCUT2D eigenvalue weighted by Crippen LogP contribution is 2.39. The average Bonchev–Trinajstić information content (AvgIpc) is 2.71. The summed E-state index contributed by atoms with van der Waals surface area (Å²) < 4.78 is 0. The van der Waals surface area contributed by atoms with Crippen LogP contribution in [-0.4, -0.2) is 31.6 Å². The van der Waals surface area contributed by atoms with Crippen molar-refractivity contribution in [1.82, 2.24) is 10.6 Å². The number of rotatable bonds is 6. The van der Waals surface area contributed by atoms with E-state index in [9.17, 15) is 4.79 Å². The fourth-order valence-corrected chi connectivity index (χ4v) is 5.08. The van der Waals surface area contributed by atoms with Crippen LogP contribution in [-0.2, 0) is 0 Å². The van der Waals surface area contributed by atoms with E-state index in [1.165, 1.54) is 36.8 Å². The van der Waals surface area contributed by atoms with Gasteiger partial charge in [-0.1, -0.05) is 25.4 Å². The standard InChI is InChI=1S/C26H38ClN3O/c1-7-30(22-8-10-26(5,6)11-9-22)24-14-21(27)13-23(19(24)4)25(31)29-16-20-15-28-18(3)12-17(20)2/h12-14,22,28H,7-11,15-16H2,1-6H3,(H,29,31). The molecule has 2 N–H and O–H groups in total. The van der Waals surface area contributed by atoms with Gasteiger partial charge in [-0.05, 0) is 93.7 Å². The predicted octanol–water partition coefficient (Wildman–Crippen LogP) is 6.00. The van der Waals surface area contributed by atoms with Crippen LogP contribution < -0.4 is 15.5 Å². The summed E-state index contributed by atoms with van der Waals surface area (Å²) in [6, 6.07) is 4.34. The van der Waals surface area contributed by atoms with Gasteiger partial charge in [0.2, 0.25) is 0 Å². The van der Waals surface area contributed by atoms with Gasteiger partial charge in [0.25, 0.3) is 5.91 Å². The molecule has 0 spiro atoms. The SMILES string of the molecule is CCN(c1cc(Cl)cc(C(=O)NCC2=C(C)C=C(C)NC2)c1C)C1CCC(C)(C)CC1. The second kappa shape index (κ2) is 9.68. The number of halogens is 1. The molecule has 1 fully saturated rings. The molecule has 0 atom stereocenters. The largest absolute Gasteiger partial charge is 0.385 e. The first-order valence-corrected chi connectivity index (χ1v) is 11.9. The Labute approximate surface area is 193 Å². The molecule has 170 valence electrons. The number of hydrogen-bond donors (Lipinski definition) is 2. The molecule has 31 heavy (non-hydrogen) atoms. The van der Waals surface area contributed by atoms with Crippen molar-refractivity contribution in [2.24, 2.45) is 5.41 Å². The van der Waals surface area contributed by atoms with Gasteiger partial charge in [-0.2, -0.15) is 0 Å². The quantitative estimate of drug-likeness (QED) is 0.566. The van der Waals surface area contributed by atoms with E-state index in [4.69, 9.17) is 11.6 Å². The van der Waals surface area contributed by atoms with Gasteiger partial charge in [0.15, 0.2) is 0 Å². The molecule has 1 aromatic rings. The van der Waals surface area contributed by atoms with Crippen LogP contribution >= 0.6 is 11.6 Å². The number of nitrogens with zero attached hydrogens (tertiary/aromatic N) is 1. The van der Waals surface area contributed by atoms with Crippen LogP contribution in [0.3, 0.4) is 0 Å². The van der Waals surface area contributed by atoms with E-state index in [1.807, 2.05) is 6.07 Å². The summed E-state index contributed by atoms with van der Waals surface area (Å²) in [6.45, 7) is 15.4. The third-order valence-electron chi connectivity index (χ3n) is 7.02. The monoisotopic (exact) mass is 443 g/mol. The lowest BCUT2D eigenvalue weighted by atomic mass is 9.75. The van der Waals surface area contributed by atoms with Crippen molar-refractivity contribution in [2.75, 3.05) is 24.5 Å². The molecular formula is C26H38ClN3O. The van der Waals surface area contributed by atoms with E-state index in [-0.39, 0.29) is 5.91 Å². The maximum absolute atomic E-state index is 13.1. The van der Waals surface area contributed by atoms with Crippen molar-refractivity contribution in [2.45, 2.75) is 73.3 Å². The van der Waals surface area contributed by atoms with Crippen molar-refractivity contribution in [1.29, 1.82) is 0 Å². The van der Waals surface area contributed by atoms with E-state index < -0.39 is 0 Å². The Bertz CT molecular complexity index is 890. The highest BCUT2D eigenvalue weighted by atomic mass is 35.5. The highest BCUT2D eigenvalue weighted by molar-refractivity contribution is 6.31. The molecule has 1 saturated carbocycles. The lowest BCUT2D eigenvalue weighted by Crippen LogP contribution is -2.40. The lowest BCUT2D eigenvalue weighted by Gasteiger charge is -2.41. The van der Waals surface area contributed by atoms with Crippen LogP contribution in [0.15, 0.2) is 35.1 Å². The Morgan fingerprint density at radius 2 is 1.90 bits per heavy atom. The van der Waals surface area contributed by atoms with Crippen molar-refractivity contribution >= 4 is 23.2 Å². The molecule has 5 heteroatoms. The smallest absolute Gasteiger partial charge is 0.251 e. The summed E-state index contributed by atoms with van der Waals surface area (Å²) in [5.41, 5.74) is 6.80. The maximum Gasteiger partial charge on any atom is 0.251 e. The first-order chi connectivity index (χ1) is 14.6. The molecule has 0 radical (unpaired) electrons.